The van der Waals surface area contributed by atoms with Crippen LogP contribution in [0, 0.1) is 0 Å². The summed E-state index contributed by atoms with van der Waals surface area (Å²) >= 11 is 0. The molecular weight excluding hydrogens is 306 g/mol. The number of amides is 1. The minimum atomic E-state index is -0.0791. The normalized spacial score (nSPS) is 10.6. The quantitative estimate of drug-likeness (QED) is 0.422. The first-order valence-corrected chi connectivity index (χ1v) is 7.97. The smallest absolute Gasteiger partial charge is 0.245 e. The van der Waals surface area contributed by atoms with Crippen LogP contribution < -0.4 is 4.74 Å². The molecule has 5 heteroatoms. The lowest BCUT2D eigenvalue weighted by atomic mass is 10.0. The Morgan fingerprint density at radius 2 is 1.62 bits per heavy atom. The molecular formula is C19H23NO4. The maximum absolute atomic E-state index is 12.3. The number of hydroxylamine groups is 2. The molecule has 2 aromatic rings. The van der Waals surface area contributed by atoms with Gasteiger partial charge < -0.3 is 4.74 Å². The molecule has 0 saturated carbocycles. The second kappa shape index (κ2) is 8.45. The van der Waals surface area contributed by atoms with Gasteiger partial charge in [0.1, 0.15) is 5.75 Å². The van der Waals surface area contributed by atoms with Gasteiger partial charge in [-0.25, -0.2) is 5.06 Å². The van der Waals surface area contributed by atoms with Gasteiger partial charge in [-0.05, 0) is 41.8 Å². The molecule has 0 radical (unpaired) electrons. The maximum atomic E-state index is 12.3. The molecule has 24 heavy (non-hydrogen) atoms. The van der Waals surface area contributed by atoms with Gasteiger partial charge in [-0.3, -0.25) is 14.4 Å². The first kappa shape index (κ1) is 17.9. The fraction of sp³-hybridized carbons (Fsp3) is 0.368. The number of ether oxygens (including phenoxy) is 1. The molecule has 0 aliphatic carbocycles. The van der Waals surface area contributed by atoms with Crippen LogP contribution in [0.3, 0.4) is 0 Å². The van der Waals surface area contributed by atoms with E-state index in [4.69, 9.17) is 9.57 Å². The molecule has 0 saturated heterocycles. The Balaban J connectivity index is 1.90. The molecule has 0 aliphatic rings. The van der Waals surface area contributed by atoms with E-state index in [9.17, 15) is 9.59 Å². The van der Waals surface area contributed by atoms with Crippen LogP contribution in [-0.2, 0) is 9.63 Å². The monoisotopic (exact) mass is 329 g/mol. The molecule has 0 spiro atoms. The minimum absolute atomic E-state index is 0.0791. The van der Waals surface area contributed by atoms with Crippen molar-refractivity contribution in [1.29, 1.82) is 0 Å². The van der Waals surface area contributed by atoms with Crippen molar-refractivity contribution < 1.29 is 19.2 Å². The van der Waals surface area contributed by atoms with E-state index in [1.807, 2.05) is 36.4 Å². The fourth-order valence-corrected chi connectivity index (χ4v) is 2.49. The van der Waals surface area contributed by atoms with Gasteiger partial charge in [0.05, 0.1) is 14.2 Å². The molecule has 128 valence electrons. The molecule has 0 N–H and O–H groups in total. The van der Waals surface area contributed by atoms with Gasteiger partial charge in [0.15, 0.2) is 5.78 Å². The van der Waals surface area contributed by atoms with Crippen molar-refractivity contribution in [3.63, 3.8) is 0 Å². The lowest BCUT2D eigenvalue weighted by molar-refractivity contribution is -0.168. The molecule has 2 rings (SSSR count). The van der Waals surface area contributed by atoms with Gasteiger partial charge in [-0.1, -0.05) is 18.2 Å². The highest BCUT2D eigenvalue weighted by Gasteiger charge is 2.10. The van der Waals surface area contributed by atoms with E-state index in [-0.39, 0.29) is 11.7 Å². The van der Waals surface area contributed by atoms with Gasteiger partial charge in [-0.2, -0.15) is 0 Å². The standard InChI is InChI=1S/C19H23NO4/c1-20(24-3)19(22)7-5-4-6-18(21)16-9-8-15-13-17(23-2)11-10-14(15)12-16/h8-13H,4-7H2,1-3H3. The van der Waals surface area contributed by atoms with E-state index in [0.717, 1.165) is 16.5 Å². The molecule has 0 aliphatic heterocycles. The molecule has 5 nitrogen and oxygen atoms in total. The van der Waals surface area contributed by atoms with E-state index >= 15 is 0 Å². The fourth-order valence-electron chi connectivity index (χ4n) is 2.49. The van der Waals surface area contributed by atoms with Crippen molar-refractivity contribution in [2.45, 2.75) is 25.7 Å². The summed E-state index contributed by atoms with van der Waals surface area (Å²) in [6.45, 7) is 0. The van der Waals surface area contributed by atoms with E-state index in [1.165, 1.54) is 12.2 Å². The lowest BCUT2D eigenvalue weighted by Gasteiger charge is -2.13. The van der Waals surface area contributed by atoms with Crippen molar-refractivity contribution in [1.82, 2.24) is 5.06 Å². The number of methoxy groups -OCH3 is 1. The Morgan fingerprint density at radius 3 is 2.33 bits per heavy atom. The van der Waals surface area contributed by atoms with E-state index in [0.29, 0.717) is 31.2 Å². The number of fused-ring (bicyclic) bond motifs is 1. The number of nitrogens with zero attached hydrogens (tertiary/aromatic N) is 1. The molecule has 0 fully saturated rings. The SMILES string of the molecule is COc1ccc2cc(C(=O)CCCCC(=O)N(C)OC)ccc2c1. The van der Waals surface area contributed by atoms with Crippen LogP contribution in [0.2, 0.25) is 0 Å². The summed E-state index contributed by atoms with van der Waals surface area (Å²) in [5.41, 5.74) is 0.702. The number of rotatable bonds is 8. The molecule has 0 atom stereocenters. The van der Waals surface area contributed by atoms with Crippen molar-refractivity contribution in [3.05, 3.63) is 42.0 Å². The molecule has 0 bridgehead atoms. The average Bonchev–Trinajstić information content (AvgIpc) is 2.63. The van der Waals surface area contributed by atoms with Crippen LogP contribution in [-0.4, -0.2) is 38.0 Å². The Labute approximate surface area is 142 Å². The summed E-state index contributed by atoms with van der Waals surface area (Å²) in [5, 5.41) is 3.26. The Hall–Kier alpha value is -2.40. The zero-order valence-corrected chi connectivity index (χ0v) is 14.4. The zero-order chi connectivity index (χ0) is 17.5. The van der Waals surface area contributed by atoms with Gasteiger partial charge in [0, 0.05) is 25.5 Å². The topological polar surface area (TPSA) is 55.8 Å². The highest BCUT2D eigenvalue weighted by atomic mass is 16.7. The van der Waals surface area contributed by atoms with Crippen LogP contribution in [0.5, 0.6) is 5.75 Å². The summed E-state index contributed by atoms with van der Waals surface area (Å²) in [4.78, 5) is 28.7. The van der Waals surface area contributed by atoms with Crippen LogP contribution in [0.1, 0.15) is 36.0 Å². The first-order valence-electron chi connectivity index (χ1n) is 7.97. The molecule has 0 unspecified atom stereocenters. The van der Waals surface area contributed by atoms with Crippen molar-refractivity contribution >= 4 is 22.5 Å². The third kappa shape index (κ3) is 4.55. The van der Waals surface area contributed by atoms with E-state index < -0.39 is 0 Å². The summed E-state index contributed by atoms with van der Waals surface area (Å²) in [6.07, 6.45) is 2.17. The minimum Gasteiger partial charge on any atom is -0.497 e. The highest BCUT2D eigenvalue weighted by Crippen LogP contribution is 2.22. The second-order valence-electron chi connectivity index (χ2n) is 5.63. The number of benzene rings is 2. The van der Waals surface area contributed by atoms with Gasteiger partial charge in [-0.15, -0.1) is 0 Å². The van der Waals surface area contributed by atoms with Gasteiger partial charge >= 0.3 is 0 Å². The summed E-state index contributed by atoms with van der Waals surface area (Å²) in [5.74, 6) is 0.817. The predicted molar refractivity (Wildman–Crippen MR) is 93.1 cm³/mol. The Morgan fingerprint density at radius 1 is 0.958 bits per heavy atom. The first-order chi connectivity index (χ1) is 11.5. The molecule has 0 heterocycles. The molecule has 1 amide bonds. The number of unbranched alkanes of at least 4 members (excludes halogenated alkanes) is 1. The maximum Gasteiger partial charge on any atom is 0.245 e. The van der Waals surface area contributed by atoms with Crippen molar-refractivity contribution in [2.24, 2.45) is 0 Å². The summed E-state index contributed by atoms with van der Waals surface area (Å²) < 4.78 is 5.20. The Kier molecular flexibility index (Phi) is 6.32. The third-order valence-corrected chi connectivity index (χ3v) is 4.04. The molecule has 2 aromatic carbocycles. The number of Topliss-reactive ketones (excluding diaryl/α,β-unsaturated/α-hetero) is 1. The van der Waals surface area contributed by atoms with Crippen molar-refractivity contribution in [3.8, 4) is 5.75 Å². The number of hydrogen-bond donors (Lipinski definition) is 0. The lowest BCUT2D eigenvalue weighted by Crippen LogP contribution is -2.24. The van der Waals surface area contributed by atoms with E-state index in [2.05, 4.69) is 0 Å². The summed E-state index contributed by atoms with van der Waals surface area (Å²) in [7, 11) is 4.67. The van der Waals surface area contributed by atoms with Crippen LogP contribution in [0.25, 0.3) is 10.8 Å². The third-order valence-electron chi connectivity index (χ3n) is 4.04. The number of carbonyl (C=O) groups excluding carboxylic acids is 2. The van der Waals surface area contributed by atoms with Crippen LogP contribution in [0.4, 0.5) is 0 Å². The second-order valence-corrected chi connectivity index (χ2v) is 5.63. The average molecular weight is 329 g/mol. The number of hydrogen-bond acceptors (Lipinski definition) is 4. The largest absolute Gasteiger partial charge is 0.497 e. The predicted octanol–water partition coefficient (Wildman–Crippen LogP) is 3.61. The molecule has 0 aromatic heterocycles. The van der Waals surface area contributed by atoms with Crippen molar-refractivity contribution in [2.75, 3.05) is 21.3 Å². The highest BCUT2D eigenvalue weighted by molar-refractivity contribution is 6.00. The van der Waals surface area contributed by atoms with Crippen LogP contribution in [0.15, 0.2) is 36.4 Å². The number of ketones is 1. The summed E-state index contributed by atoms with van der Waals surface area (Å²) in [6, 6.07) is 11.5. The van der Waals surface area contributed by atoms with Crippen LogP contribution >= 0.6 is 0 Å². The number of carbonyl (C=O) groups is 2. The van der Waals surface area contributed by atoms with Gasteiger partial charge in [0.25, 0.3) is 0 Å². The Bertz CT molecular complexity index is 726. The van der Waals surface area contributed by atoms with E-state index in [1.54, 1.807) is 14.2 Å². The zero-order valence-electron chi connectivity index (χ0n) is 14.4. The van der Waals surface area contributed by atoms with Gasteiger partial charge in [0.2, 0.25) is 5.91 Å².